The van der Waals surface area contributed by atoms with Gasteiger partial charge in [0.2, 0.25) is 5.88 Å². The predicted molar refractivity (Wildman–Crippen MR) is 102 cm³/mol. The number of nitrogens with two attached hydrogens (primary N) is 1. The van der Waals surface area contributed by atoms with Crippen LogP contribution >= 0.6 is 11.3 Å². The summed E-state index contributed by atoms with van der Waals surface area (Å²) in [6.45, 7) is 4.19. The quantitative estimate of drug-likeness (QED) is 0.593. The first-order valence-corrected chi connectivity index (χ1v) is 8.84. The summed E-state index contributed by atoms with van der Waals surface area (Å²) in [5, 5.41) is 13.3. The van der Waals surface area contributed by atoms with E-state index >= 15 is 0 Å². The molecule has 1 aliphatic heterocycles. The van der Waals surface area contributed by atoms with Gasteiger partial charge in [-0.05, 0) is 11.6 Å². The zero-order valence-electron chi connectivity index (χ0n) is 14.0. The van der Waals surface area contributed by atoms with Crippen molar-refractivity contribution in [2.75, 3.05) is 11.9 Å². The fraction of sp³-hybridized carbons (Fsp3) is 0.111. The van der Waals surface area contributed by atoms with E-state index in [-0.39, 0.29) is 17.0 Å². The molecule has 134 valence electrons. The standard InChI is InChI=1S/C18H14N6O2S/c1-2-5-22-18-24-16-14(27-18)13-12(17(25)23-16)11(9-4-3-6-21-8-9)10(7-19)15(20)26-13/h2-4,6,8,11H,1,5,20H2,(H2,22,23,24,25)/t11-/m1/s1. The normalized spacial score (nSPS) is 15.7. The van der Waals surface area contributed by atoms with Gasteiger partial charge in [-0.15, -0.1) is 6.58 Å². The third-order valence-electron chi connectivity index (χ3n) is 4.15. The second kappa shape index (κ2) is 6.59. The summed E-state index contributed by atoms with van der Waals surface area (Å²) in [4.78, 5) is 24.1. The van der Waals surface area contributed by atoms with Gasteiger partial charge in [-0.25, -0.2) is 4.98 Å². The van der Waals surface area contributed by atoms with Crippen LogP contribution in [-0.4, -0.2) is 21.5 Å². The van der Waals surface area contributed by atoms with E-state index in [0.29, 0.717) is 38.9 Å². The Bertz CT molecular complexity index is 1170. The van der Waals surface area contributed by atoms with E-state index in [1.807, 2.05) is 0 Å². The summed E-state index contributed by atoms with van der Waals surface area (Å²) in [6.07, 6.45) is 4.94. The van der Waals surface area contributed by atoms with Crippen LogP contribution in [0.2, 0.25) is 0 Å². The Kier molecular flexibility index (Phi) is 4.10. The molecule has 0 unspecified atom stereocenters. The lowest BCUT2D eigenvalue weighted by Crippen LogP contribution is -2.27. The van der Waals surface area contributed by atoms with Gasteiger partial charge < -0.3 is 20.8 Å². The molecular formula is C18H14N6O2S. The van der Waals surface area contributed by atoms with Crippen molar-refractivity contribution < 1.29 is 4.74 Å². The molecule has 0 amide bonds. The highest BCUT2D eigenvalue weighted by Gasteiger charge is 2.35. The van der Waals surface area contributed by atoms with E-state index < -0.39 is 5.92 Å². The van der Waals surface area contributed by atoms with Crippen molar-refractivity contribution >= 4 is 26.8 Å². The number of aromatic amines is 1. The van der Waals surface area contributed by atoms with E-state index in [0.717, 1.165) is 0 Å². The minimum absolute atomic E-state index is 0.0280. The minimum atomic E-state index is -0.660. The van der Waals surface area contributed by atoms with E-state index in [4.69, 9.17) is 10.5 Å². The lowest BCUT2D eigenvalue weighted by molar-refractivity contribution is 0.397. The van der Waals surface area contributed by atoms with Crippen LogP contribution in [-0.2, 0) is 0 Å². The number of nitrogens with zero attached hydrogens (tertiary/aromatic N) is 3. The van der Waals surface area contributed by atoms with Crippen molar-refractivity contribution in [3.8, 4) is 11.8 Å². The minimum Gasteiger partial charge on any atom is -0.438 e. The van der Waals surface area contributed by atoms with Gasteiger partial charge in [-0.1, -0.05) is 23.5 Å². The van der Waals surface area contributed by atoms with E-state index in [1.54, 1.807) is 30.6 Å². The maximum Gasteiger partial charge on any atom is 0.257 e. The fourth-order valence-electron chi connectivity index (χ4n) is 3.01. The predicted octanol–water partition coefficient (Wildman–Crippen LogP) is 2.20. The molecule has 0 saturated heterocycles. The molecule has 0 aliphatic carbocycles. The molecule has 1 aliphatic rings. The number of hydrogen-bond donors (Lipinski definition) is 3. The van der Waals surface area contributed by atoms with E-state index in [1.165, 1.54) is 11.3 Å². The van der Waals surface area contributed by atoms with E-state index in [9.17, 15) is 10.1 Å². The number of aromatic nitrogens is 3. The first kappa shape index (κ1) is 16.8. The molecule has 0 spiro atoms. The van der Waals surface area contributed by atoms with Crippen LogP contribution in [0.5, 0.6) is 5.75 Å². The summed E-state index contributed by atoms with van der Waals surface area (Å²) >= 11 is 1.33. The zero-order chi connectivity index (χ0) is 19.0. The summed E-state index contributed by atoms with van der Waals surface area (Å²) in [5.41, 5.74) is 7.21. The molecule has 4 N–H and O–H groups in total. The van der Waals surface area contributed by atoms with Crippen LogP contribution in [0.3, 0.4) is 0 Å². The van der Waals surface area contributed by atoms with Crippen LogP contribution in [0.25, 0.3) is 10.3 Å². The van der Waals surface area contributed by atoms with Crippen LogP contribution in [0, 0.1) is 11.3 Å². The lowest BCUT2D eigenvalue weighted by atomic mass is 9.85. The maximum atomic E-state index is 12.9. The third kappa shape index (κ3) is 2.72. The van der Waals surface area contributed by atoms with Gasteiger partial charge in [0.05, 0.1) is 11.5 Å². The monoisotopic (exact) mass is 378 g/mol. The number of allylic oxidation sites excluding steroid dienone is 1. The number of thiazole rings is 1. The topological polar surface area (TPSA) is 130 Å². The number of fused-ring (bicyclic) bond motifs is 3. The van der Waals surface area contributed by atoms with Gasteiger partial charge in [0.25, 0.3) is 5.56 Å². The molecule has 0 bridgehead atoms. The number of rotatable bonds is 4. The van der Waals surface area contributed by atoms with Crippen LogP contribution < -0.4 is 21.3 Å². The molecule has 0 fully saturated rings. The number of H-pyrrole nitrogens is 1. The SMILES string of the molecule is C=CCNc1nc2[nH]c(=O)c3c(c2s1)OC(N)=C(C#N)[C@H]3c1cccnc1. The second-order valence-electron chi connectivity index (χ2n) is 5.77. The molecule has 8 nitrogen and oxygen atoms in total. The Morgan fingerprint density at radius 3 is 3.11 bits per heavy atom. The molecule has 27 heavy (non-hydrogen) atoms. The Hall–Kier alpha value is -3.64. The fourth-order valence-corrected chi connectivity index (χ4v) is 3.93. The highest BCUT2D eigenvalue weighted by atomic mass is 32.1. The van der Waals surface area contributed by atoms with Gasteiger partial charge in [-0.2, -0.15) is 5.26 Å². The summed E-state index contributed by atoms with van der Waals surface area (Å²) in [7, 11) is 0. The van der Waals surface area contributed by atoms with Gasteiger partial charge in [-0.3, -0.25) is 9.78 Å². The van der Waals surface area contributed by atoms with E-state index in [2.05, 4.69) is 32.9 Å². The molecule has 3 aromatic rings. The summed E-state index contributed by atoms with van der Waals surface area (Å²) < 4.78 is 6.36. The first-order chi connectivity index (χ1) is 13.1. The molecule has 9 heteroatoms. The van der Waals surface area contributed by atoms with Crippen LogP contribution in [0.15, 0.2) is 53.4 Å². The van der Waals surface area contributed by atoms with Gasteiger partial charge in [0.15, 0.2) is 16.5 Å². The number of hydrogen-bond acceptors (Lipinski definition) is 8. The average Bonchev–Trinajstić information content (AvgIpc) is 3.09. The number of nitrogens with one attached hydrogen (secondary N) is 2. The largest absolute Gasteiger partial charge is 0.438 e. The number of pyridine rings is 2. The first-order valence-electron chi connectivity index (χ1n) is 8.03. The van der Waals surface area contributed by atoms with Crippen molar-refractivity contribution in [1.29, 1.82) is 5.26 Å². The van der Waals surface area contributed by atoms with Crippen LogP contribution in [0.4, 0.5) is 5.13 Å². The maximum absolute atomic E-state index is 12.9. The molecule has 4 heterocycles. The molecule has 4 rings (SSSR count). The molecule has 0 aromatic carbocycles. The molecule has 3 aromatic heterocycles. The molecule has 1 atom stereocenters. The lowest BCUT2D eigenvalue weighted by Gasteiger charge is -2.25. The second-order valence-corrected chi connectivity index (χ2v) is 6.77. The van der Waals surface area contributed by atoms with Crippen molar-refractivity contribution in [1.82, 2.24) is 15.0 Å². The van der Waals surface area contributed by atoms with Gasteiger partial charge >= 0.3 is 0 Å². The zero-order valence-corrected chi connectivity index (χ0v) is 14.8. The average molecular weight is 378 g/mol. The number of anilines is 1. The Labute approximate surface area is 157 Å². The van der Waals surface area contributed by atoms with Crippen molar-refractivity contribution in [3.05, 3.63) is 70.1 Å². The molecular weight excluding hydrogens is 364 g/mol. The highest BCUT2D eigenvalue weighted by Crippen LogP contribution is 2.44. The highest BCUT2D eigenvalue weighted by molar-refractivity contribution is 7.22. The van der Waals surface area contributed by atoms with Crippen LogP contribution in [0.1, 0.15) is 17.0 Å². The van der Waals surface area contributed by atoms with Crippen molar-refractivity contribution in [2.45, 2.75) is 5.92 Å². The summed E-state index contributed by atoms with van der Waals surface area (Å²) in [6, 6.07) is 5.60. The van der Waals surface area contributed by atoms with Crippen molar-refractivity contribution in [3.63, 3.8) is 0 Å². The van der Waals surface area contributed by atoms with Crippen molar-refractivity contribution in [2.24, 2.45) is 5.73 Å². The molecule has 0 saturated carbocycles. The summed E-state index contributed by atoms with van der Waals surface area (Å²) in [5.74, 6) is -0.365. The number of ether oxygens (including phenoxy) is 1. The third-order valence-corrected chi connectivity index (χ3v) is 5.16. The number of nitriles is 1. The molecule has 0 radical (unpaired) electrons. The smallest absolute Gasteiger partial charge is 0.257 e. The van der Waals surface area contributed by atoms with Gasteiger partial charge in [0, 0.05) is 18.9 Å². The van der Waals surface area contributed by atoms with Gasteiger partial charge in [0.1, 0.15) is 16.3 Å². The Balaban J connectivity index is 1.98. The Morgan fingerprint density at radius 1 is 1.56 bits per heavy atom. The Morgan fingerprint density at radius 2 is 2.41 bits per heavy atom.